The van der Waals surface area contributed by atoms with E-state index in [1.54, 1.807) is 12.1 Å². The molecular weight excluding hydrogens is 435 g/mol. The molecule has 1 aliphatic heterocycles. The Hall–Kier alpha value is -3.13. The molecule has 8 heteroatoms. The summed E-state index contributed by atoms with van der Waals surface area (Å²) in [6, 6.07) is 12.3. The fraction of sp³-hybridized carbons (Fsp3) is 0.462. The molecular formula is C26H33FN4O3. The van der Waals surface area contributed by atoms with Gasteiger partial charge in [0.1, 0.15) is 11.9 Å². The number of aromatic nitrogens is 2. The second-order valence-electron chi connectivity index (χ2n) is 10.3. The Morgan fingerprint density at radius 1 is 1.26 bits per heavy atom. The highest BCUT2D eigenvalue weighted by Crippen LogP contribution is 2.38. The highest BCUT2D eigenvalue weighted by Gasteiger charge is 2.41. The molecule has 4 rings (SSSR count). The molecule has 3 atom stereocenters. The first kappa shape index (κ1) is 24.0. The van der Waals surface area contributed by atoms with Crippen LogP contribution < -0.4 is 10.6 Å². The van der Waals surface area contributed by atoms with E-state index in [-0.39, 0.29) is 29.8 Å². The van der Waals surface area contributed by atoms with E-state index >= 15 is 0 Å². The number of fused-ring (bicyclic) bond motifs is 2. The van der Waals surface area contributed by atoms with Crippen LogP contribution in [-0.2, 0) is 17.7 Å². The molecule has 0 aliphatic carbocycles. The van der Waals surface area contributed by atoms with Crippen molar-refractivity contribution in [3.63, 3.8) is 0 Å². The number of anilines is 1. The average molecular weight is 469 g/mol. The average Bonchev–Trinajstić information content (AvgIpc) is 3.36. The van der Waals surface area contributed by atoms with E-state index in [4.69, 9.17) is 10.5 Å². The summed E-state index contributed by atoms with van der Waals surface area (Å²) in [4.78, 5) is 18.5. The van der Waals surface area contributed by atoms with Crippen LogP contribution in [0.1, 0.15) is 32.8 Å². The fourth-order valence-corrected chi connectivity index (χ4v) is 5.32. The Labute approximate surface area is 199 Å². The maximum Gasteiger partial charge on any atom is 0.404 e. The number of hydrogen-bond donors (Lipinski definition) is 2. The lowest BCUT2D eigenvalue weighted by molar-refractivity contribution is 0.0248. The third-order valence-electron chi connectivity index (χ3n) is 6.48. The minimum absolute atomic E-state index is 0.0369. The number of rotatable bonds is 8. The fourth-order valence-electron chi connectivity index (χ4n) is 5.32. The Balaban J connectivity index is 1.78. The molecule has 1 aliphatic rings. The molecule has 0 saturated carbocycles. The van der Waals surface area contributed by atoms with Gasteiger partial charge in [-0.05, 0) is 54.2 Å². The lowest BCUT2D eigenvalue weighted by atomic mass is 9.79. The lowest BCUT2D eigenvalue weighted by Gasteiger charge is -2.42. The van der Waals surface area contributed by atoms with E-state index in [1.165, 1.54) is 6.07 Å². The van der Waals surface area contributed by atoms with E-state index in [0.717, 1.165) is 28.7 Å². The second kappa shape index (κ2) is 9.62. The first-order valence-corrected chi connectivity index (χ1v) is 11.7. The van der Waals surface area contributed by atoms with Gasteiger partial charge < -0.3 is 25.0 Å². The van der Waals surface area contributed by atoms with Gasteiger partial charge in [-0.25, -0.2) is 14.2 Å². The maximum atomic E-state index is 13.9. The SMILES string of the molecule is CC(C)(C)C[C@@H](Cn1cnc2ccccc21)[C@@H](C(CO)OC(N)=O)N1CCc2cc(F)ccc21. The number of nitrogens with zero attached hydrogens (tertiary/aromatic N) is 3. The summed E-state index contributed by atoms with van der Waals surface area (Å²) in [7, 11) is 0. The molecule has 2 aromatic carbocycles. The van der Waals surface area contributed by atoms with Crippen LogP contribution in [-0.4, -0.2) is 46.0 Å². The van der Waals surface area contributed by atoms with Crippen molar-refractivity contribution in [1.82, 2.24) is 9.55 Å². The van der Waals surface area contributed by atoms with Crippen molar-refractivity contribution in [3.05, 3.63) is 60.2 Å². The zero-order valence-electron chi connectivity index (χ0n) is 19.9. The zero-order valence-corrected chi connectivity index (χ0v) is 19.9. The molecule has 0 bridgehead atoms. The summed E-state index contributed by atoms with van der Waals surface area (Å²) in [6.07, 6.45) is 1.53. The van der Waals surface area contributed by atoms with E-state index < -0.39 is 12.2 Å². The minimum Gasteiger partial charge on any atom is -0.442 e. The number of hydrogen-bond acceptors (Lipinski definition) is 5. The Morgan fingerprint density at radius 2 is 2.03 bits per heavy atom. The highest BCUT2D eigenvalue weighted by molar-refractivity contribution is 5.75. The zero-order chi connectivity index (χ0) is 24.5. The van der Waals surface area contributed by atoms with Crippen LogP contribution in [0.3, 0.4) is 0 Å². The quantitative estimate of drug-likeness (QED) is 0.519. The van der Waals surface area contributed by atoms with Crippen molar-refractivity contribution >= 4 is 22.8 Å². The second-order valence-corrected chi connectivity index (χ2v) is 10.3. The molecule has 3 N–H and O–H groups in total. The number of ether oxygens (including phenoxy) is 1. The highest BCUT2D eigenvalue weighted by atomic mass is 19.1. The van der Waals surface area contributed by atoms with Crippen molar-refractivity contribution < 1.29 is 19.0 Å². The molecule has 182 valence electrons. The van der Waals surface area contributed by atoms with Crippen molar-refractivity contribution in [2.24, 2.45) is 17.1 Å². The summed E-state index contributed by atoms with van der Waals surface area (Å²) in [6.45, 7) is 7.37. The molecule has 0 radical (unpaired) electrons. The molecule has 1 unspecified atom stereocenters. The van der Waals surface area contributed by atoms with Gasteiger partial charge in [-0.15, -0.1) is 0 Å². The van der Waals surface area contributed by atoms with Crippen LogP contribution in [0.25, 0.3) is 11.0 Å². The number of imidazole rings is 1. The molecule has 7 nitrogen and oxygen atoms in total. The van der Waals surface area contributed by atoms with Gasteiger partial charge in [0.25, 0.3) is 0 Å². The largest absolute Gasteiger partial charge is 0.442 e. The molecule has 3 aromatic rings. The number of aliphatic hydroxyl groups excluding tert-OH is 1. The van der Waals surface area contributed by atoms with Gasteiger partial charge in [0.15, 0.2) is 0 Å². The molecule has 1 aromatic heterocycles. The smallest absolute Gasteiger partial charge is 0.404 e. The summed E-state index contributed by atoms with van der Waals surface area (Å²) in [5, 5.41) is 10.3. The van der Waals surface area contributed by atoms with Gasteiger partial charge in [0, 0.05) is 24.7 Å². The van der Waals surface area contributed by atoms with E-state index in [0.29, 0.717) is 19.5 Å². The van der Waals surface area contributed by atoms with Crippen molar-refractivity contribution in [3.8, 4) is 0 Å². The van der Waals surface area contributed by atoms with E-state index in [1.807, 2.05) is 30.6 Å². The summed E-state index contributed by atoms with van der Waals surface area (Å²) in [5.41, 5.74) is 9.08. The summed E-state index contributed by atoms with van der Waals surface area (Å²) < 4.78 is 21.5. The van der Waals surface area contributed by atoms with Crippen LogP contribution >= 0.6 is 0 Å². The normalized spacial score (nSPS) is 16.3. The van der Waals surface area contributed by atoms with Gasteiger partial charge in [-0.1, -0.05) is 32.9 Å². The van der Waals surface area contributed by atoms with Crippen LogP contribution in [0.5, 0.6) is 0 Å². The van der Waals surface area contributed by atoms with Crippen LogP contribution in [0, 0.1) is 17.2 Å². The maximum absolute atomic E-state index is 13.9. The number of nitrogens with two attached hydrogens (primary N) is 1. The minimum atomic E-state index is -0.926. The molecule has 34 heavy (non-hydrogen) atoms. The molecule has 0 spiro atoms. The number of carbonyl (C=O) groups is 1. The van der Waals surface area contributed by atoms with Crippen LogP contribution in [0.2, 0.25) is 0 Å². The third kappa shape index (κ3) is 5.17. The number of halogens is 1. The van der Waals surface area contributed by atoms with E-state index in [9.17, 15) is 14.3 Å². The third-order valence-corrected chi connectivity index (χ3v) is 6.48. The summed E-state index contributed by atoms with van der Waals surface area (Å²) in [5.74, 6) is -0.314. The number of para-hydroxylation sites is 2. The van der Waals surface area contributed by atoms with Gasteiger partial charge >= 0.3 is 6.09 Å². The molecule has 2 heterocycles. The Morgan fingerprint density at radius 3 is 2.74 bits per heavy atom. The first-order chi connectivity index (χ1) is 16.2. The van der Waals surface area contributed by atoms with Gasteiger partial charge in [0.05, 0.1) is 30.0 Å². The number of amides is 1. The van der Waals surface area contributed by atoms with Crippen molar-refractivity contribution in [2.45, 2.75) is 52.3 Å². The summed E-state index contributed by atoms with van der Waals surface area (Å²) >= 11 is 0. The number of carbonyl (C=O) groups excluding carboxylic acids is 1. The van der Waals surface area contributed by atoms with Gasteiger partial charge in [0.2, 0.25) is 0 Å². The monoisotopic (exact) mass is 468 g/mol. The van der Waals surface area contributed by atoms with Gasteiger partial charge in [-0.2, -0.15) is 0 Å². The molecule has 1 amide bonds. The molecule has 0 fully saturated rings. The predicted octanol–water partition coefficient (Wildman–Crippen LogP) is 4.12. The van der Waals surface area contributed by atoms with Crippen molar-refractivity contribution in [1.29, 1.82) is 0 Å². The van der Waals surface area contributed by atoms with Crippen molar-refractivity contribution in [2.75, 3.05) is 18.1 Å². The lowest BCUT2D eigenvalue weighted by Crippen LogP contribution is -2.53. The standard InChI is InChI=1S/C26H33FN4O3/c1-26(2,3)13-18(14-30-16-29-20-6-4-5-7-22(20)30)24(23(15-32)34-25(28)33)31-11-10-17-12-19(27)8-9-21(17)31/h4-9,12,16,18,23-24,32H,10-11,13-15H2,1-3H3,(H2,28,33)/t18-,23?,24-/m0/s1. The van der Waals surface area contributed by atoms with Gasteiger partial charge in [-0.3, -0.25) is 0 Å². The van der Waals surface area contributed by atoms with Crippen LogP contribution in [0.15, 0.2) is 48.8 Å². The predicted molar refractivity (Wildman–Crippen MR) is 130 cm³/mol. The number of aliphatic hydroxyl groups is 1. The number of benzene rings is 2. The first-order valence-electron chi connectivity index (χ1n) is 11.7. The Kier molecular flexibility index (Phi) is 6.79. The number of primary amides is 1. The Bertz CT molecular complexity index is 1160. The topological polar surface area (TPSA) is 93.6 Å². The van der Waals surface area contributed by atoms with E-state index in [2.05, 4.69) is 35.2 Å². The molecule has 0 saturated heterocycles. The van der Waals surface area contributed by atoms with Crippen LogP contribution in [0.4, 0.5) is 14.9 Å².